The van der Waals surface area contributed by atoms with Crippen molar-refractivity contribution in [1.29, 1.82) is 0 Å². The van der Waals surface area contributed by atoms with Crippen molar-refractivity contribution >= 4 is 10.0 Å². The highest BCUT2D eigenvalue weighted by Gasteiger charge is 2.42. The molecule has 2 fully saturated rings. The average Bonchev–Trinajstić information content (AvgIpc) is 2.99. The van der Waals surface area contributed by atoms with Crippen LogP contribution in [-0.4, -0.2) is 49.7 Å². The fraction of sp³-hybridized carbons (Fsp3) is 0.600. The van der Waals surface area contributed by atoms with Gasteiger partial charge in [0.1, 0.15) is 0 Å². The van der Waals surface area contributed by atoms with Crippen molar-refractivity contribution in [2.24, 2.45) is 5.92 Å². The first-order valence-electron chi connectivity index (χ1n) is 7.43. The summed E-state index contributed by atoms with van der Waals surface area (Å²) < 4.78 is 32.6. The Balaban J connectivity index is 1.87. The predicted octanol–water partition coefficient (Wildman–Crippen LogP) is 1.24. The van der Waals surface area contributed by atoms with Crippen molar-refractivity contribution in [3.8, 4) is 0 Å². The molecular weight excluding hydrogens is 290 g/mol. The summed E-state index contributed by atoms with van der Waals surface area (Å²) in [6.07, 6.45) is 1.73. The third kappa shape index (κ3) is 2.85. The summed E-state index contributed by atoms with van der Waals surface area (Å²) in [5.74, 6) is -0.125. The van der Waals surface area contributed by atoms with Gasteiger partial charge in [-0.3, -0.25) is 0 Å². The number of rotatable bonds is 3. The van der Waals surface area contributed by atoms with Crippen LogP contribution in [0, 0.1) is 5.92 Å². The molecule has 0 aromatic heterocycles. The van der Waals surface area contributed by atoms with E-state index < -0.39 is 16.1 Å². The van der Waals surface area contributed by atoms with E-state index in [1.807, 2.05) is 0 Å². The first-order chi connectivity index (χ1) is 10.1. The van der Waals surface area contributed by atoms with Crippen molar-refractivity contribution < 1.29 is 18.3 Å². The highest BCUT2D eigenvalue weighted by atomic mass is 32.2. The fourth-order valence-electron chi connectivity index (χ4n) is 3.34. The smallest absolute Gasteiger partial charge is 0.243 e. The molecular formula is C15H21NO4S. The Morgan fingerprint density at radius 3 is 2.67 bits per heavy atom. The van der Waals surface area contributed by atoms with E-state index in [1.54, 1.807) is 34.6 Å². The fourth-order valence-corrected chi connectivity index (χ4v) is 5.10. The topological polar surface area (TPSA) is 66.8 Å². The summed E-state index contributed by atoms with van der Waals surface area (Å²) >= 11 is 0. The number of hydrogen-bond donors (Lipinski definition) is 1. The lowest BCUT2D eigenvalue weighted by molar-refractivity contribution is -0.0543. The van der Waals surface area contributed by atoms with Gasteiger partial charge < -0.3 is 9.84 Å². The largest absolute Gasteiger partial charge is 0.393 e. The van der Waals surface area contributed by atoms with Gasteiger partial charge in [-0.05, 0) is 31.4 Å². The molecule has 0 bridgehead atoms. The van der Waals surface area contributed by atoms with Crippen LogP contribution in [0.15, 0.2) is 35.2 Å². The lowest BCUT2D eigenvalue weighted by atomic mass is 9.90. The van der Waals surface area contributed by atoms with E-state index in [0.717, 1.165) is 12.8 Å². The summed E-state index contributed by atoms with van der Waals surface area (Å²) in [4.78, 5) is 0.322. The Kier molecular flexibility index (Phi) is 4.31. The molecule has 3 atom stereocenters. The van der Waals surface area contributed by atoms with E-state index in [0.29, 0.717) is 31.1 Å². The van der Waals surface area contributed by atoms with Crippen LogP contribution in [0.4, 0.5) is 0 Å². The van der Waals surface area contributed by atoms with Gasteiger partial charge in [0, 0.05) is 25.1 Å². The maximum atomic E-state index is 12.8. The van der Waals surface area contributed by atoms with E-state index >= 15 is 0 Å². The Morgan fingerprint density at radius 2 is 1.95 bits per heavy atom. The number of ether oxygens (including phenoxy) is 1. The molecule has 0 radical (unpaired) electrons. The summed E-state index contributed by atoms with van der Waals surface area (Å²) in [6, 6.07) is 8.36. The average molecular weight is 311 g/mol. The maximum Gasteiger partial charge on any atom is 0.243 e. The molecule has 0 unspecified atom stereocenters. The molecule has 0 amide bonds. The lowest BCUT2D eigenvalue weighted by Crippen LogP contribution is -2.48. The Labute approximate surface area is 125 Å². The van der Waals surface area contributed by atoms with E-state index in [4.69, 9.17) is 4.74 Å². The second-order valence-corrected chi connectivity index (χ2v) is 7.62. The Morgan fingerprint density at radius 1 is 1.19 bits per heavy atom. The monoisotopic (exact) mass is 311 g/mol. The lowest BCUT2D eigenvalue weighted by Gasteiger charge is -2.36. The normalized spacial score (nSPS) is 31.4. The van der Waals surface area contributed by atoms with Gasteiger partial charge in [0.15, 0.2) is 0 Å². The highest BCUT2D eigenvalue weighted by Crippen LogP contribution is 2.33. The number of aliphatic hydroxyl groups excluding tert-OH is 1. The molecule has 3 rings (SSSR count). The molecule has 1 N–H and O–H groups in total. The number of nitrogens with zero attached hydrogens (tertiary/aromatic N) is 1. The molecule has 2 saturated heterocycles. The third-order valence-corrected chi connectivity index (χ3v) is 6.39. The van der Waals surface area contributed by atoms with Gasteiger partial charge in [-0.2, -0.15) is 4.31 Å². The molecule has 1 aromatic carbocycles. The summed E-state index contributed by atoms with van der Waals surface area (Å²) in [6.45, 7) is 1.51. The molecule has 1 aromatic rings. The molecule has 21 heavy (non-hydrogen) atoms. The van der Waals surface area contributed by atoms with Crippen LogP contribution in [0.3, 0.4) is 0 Å². The SMILES string of the molecule is O=S(=O)(c1ccccc1)N1CCC[C@@H]1[C@H]1COCC[C@@H]1O. The minimum absolute atomic E-state index is 0.125. The molecule has 5 nitrogen and oxygen atoms in total. The van der Waals surface area contributed by atoms with Crippen LogP contribution in [0.25, 0.3) is 0 Å². The van der Waals surface area contributed by atoms with Crippen molar-refractivity contribution in [1.82, 2.24) is 4.31 Å². The molecule has 6 heteroatoms. The van der Waals surface area contributed by atoms with Gasteiger partial charge in [0.05, 0.1) is 17.6 Å². The van der Waals surface area contributed by atoms with Gasteiger partial charge in [-0.25, -0.2) is 8.42 Å². The second kappa shape index (κ2) is 6.04. The number of benzene rings is 1. The van der Waals surface area contributed by atoms with Gasteiger partial charge in [0.25, 0.3) is 0 Å². The number of aliphatic hydroxyl groups is 1. The van der Waals surface area contributed by atoms with Crippen LogP contribution >= 0.6 is 0 Å². The van der Waals surface area contributed by atoms with E-state index in [2.05, 4.69) is 0 Å². The molecule has 2 aliphatic heterocycles. The van der Waals surface area contributed by atoms with Gasteiger partial charge in [-0.1, -0.05) is 18.2 Å². The minimum Gasteiger partial charge on any atom is -0.393 e. The number of hydrogen-bond acceptors (Lipinski definition) is 4. The van der Waals surface area contributed by atoms with E-state index in [1.165, 1.54) is 0 Å². The molecule has 0 spiro atoms. The first kappa shape index (κ1) is 15.0. The van der Waals surface area contributed by atoms with Crippen molar-refractivity contribution in [3.05, 3.63) is 30.3 Å². The summed E-state index contributed by atoms with van der Waals surface area (Å²) in [5, 5.41) is 10.2. The van der Waals surface area contributed by atoms with Gasteiger partial charge >= 0.3 is 0 Å². The van der Waals surface area contributed by atoms with Crippen LogP contribution in [0.2, 0.25) is 0 Å². The standard InChI is InChI=1S/C15H21NO4S/c17-15-8-10-20-11-13(15)14-7-4-9-16(14)21(18,19)12-5-2-1-3-6-12/h1-3,5-6,13-15,17H,4,7-11H2/t13-,14-,15+/m1/s1. The highest BCUT2D eigenvalue weighted by molar-refractivity contribution is 7.89. The summed E-state index contributed by atoms with van der Waals surface area (Å²) in [5.41, 5.74) is 0. The predicted molar refractivity (Wildman–Crippen MR) is 78.3 cm³/mol. The summed E-state index contributed by atoms with van der Waals surface area (Å²) in [7, 11) is -3.49. The van der Waals surface area contributed by atoms with Gasteiger partial charge in [0.2, 0.25) is 10.0 Å². The molecule has 2 aliphatic rings. The quantitative estimate of drug-likeness (QED) is 0.912. The van der Waals surface area contributed by atoms with Crippen molar-refractivity contribution in [2.45, 2.75) is 36.3 Å². The Bertz CT molecular complexity index is 575. The first-order valence-corrected chi connectivity index (χ1v) is 8.87. The molecule has 0 aliphatic carbocycles. The Hall–Kier alpha value is -0.950. The zero-order valence-electron chi connectivity index (χ0n) is 11.9. The second-order valence-electron chi connectivity index (χ2n) is 5.73. The molecule has 116 valence electrons. The maximum absolute atomic E-state index is 12.8. The van der Waals surface area contributed by atoms with Crippen LogP contribution in [0.5, 0.6) is 0 Å². The van der Waals surface area contributed by atoms with E-state index in [-0.39, 0.29) is 12.0 Å². The minimum atomic E-state index is -3.49. The third-order valence-electron chi connectivity index (χ3n) is 4.45. The molecule has 2 heterocycles. The van der Waals surface area contributed by atoms with Crippen LogP contribution < -0.4 is 0 Å². The van der Waals surface area contributed by atoms with Crippen LogP contribution in [0.1, 0.15) is 19.3 Å². The zero-order chi connectivity index (χ0) is 14.9. The van der Waals surface area contributed by atoms with Crippen molar-refractivity contribution in [3.63, 3.8) is 0 Å². The zero-order valence-corrected chi connectivity index (χ0v) is 12.7. The number of sulfonamides is 1. The molecule has 0 saturated carbocycles. The van der Waals surface area contributed by atoms with E-state index in [9.17, 15) is 13.5 Å². The van der Waals surface area contributed by atoms with Gasteiger partial charge in [-0.15, -0.1) is 0 Å². The van der Waals surface area contributed by atoms with Crippen LogP contribution in [-0.2, 0) is 14.8 Å². The van der Waals surface area contributed by atoms with Crippen molar-refractivity contribution in [2.75, 3.05) is 19.8 Å².